The molecule has 0 radical (unpaired) electrons. The van der Waals surface area contributed by atoms with Gasteiger partial charge < -0.3 is 14.9 Å². The van der Waals surface area contributed by atoms with Gasteiger partial charge in [-0.05, 0) is 31.6 Å². The first-order chi connectivity index (χ1) is 10.1. The highest BCUT2D eigenvalue weighted by Gasteiger charge is 2.48. The molecule has 0 spiro atoms. The van der Waals surface area contributed by atoms with Crippen LogP contribution in [-0.2, 0) is 9.53 Å². The summed E-state index contributed by atoms with van der Waals surface area (Å²) in [5, 5.41) is 20.2. The number of carbonyl (C=O) groups excluding carboxylic acids is 1. The van der Waals surface area contributed by atoms with Gasteiger partial charge in [-0.3, -0.25) is 4.79 Å². The van der Waals surface area contributed by atoms with Crippen LogP contribution < -0.4 is 0 Å². The van der Waals surface area contributed by atoms with Gasteiger partial charge in [0.2, 0.25) is 0 Å². The predicted molar refractivity (Wildman–Crippen MR) is 78.3 cm³/mol. The van der Waals surface area contributed by atoms with E-state index in [9.17, 15) is 15.0 Å². The normalized spacial score (nSPS) is 40.5. The Kier molecular flexibility index (Phi) is 4.45. The SMILES string of the molecule is O=C1C[C@@H]2[C@@H](C=C[C@@H](O)CC3C=CCCC3)[C@H](O)C[C@@H]2O1. The van der Waals surface area contributed by atoms with Gasteiger partial charge in [-0.1, -0.05) is 24.3 Å². The van der Waals surface area contributed by atoms with Crippen LogP contribution in [0.2, 0.25) is 0 Å². The first kappa shape index (κ1) is 14.8. The fraction of sp³-hybridized carbons (Fsp3) is 0.706. The molecule has 0 aromatic heterocycles. The average Bonchev–Trinajstić information content (AvgIpc) is 2.93. The second kappa shape index (κ2) is 6.32. The average molecular weight is 292 g/mol. The van der Waals surface area contributed by atoms with Gasteiger partial charge in [0.1, 0.15) is 6.10 Å². The van der Waals surface area contributed by atoms with Crippen LogP contribution in [0.15, 0.2) is 24.3 Å². The van der Waals surface area contributed by atoms with Crippen molar-refractivity contribution in [2.45, 2.75) is 56.8 Å². The smallest absolute Gasteiger partial charge is 0.306 e. The molecular weight excluding hydrogens is 268 g/mol. The topological polar surface area (TPSA) is 66.8 Å². The maximum Gasteiger partial charge on any atom is 0.306 e. The first-order valence-corrected chi connectivity index (χ1v) is 8.04. The summed E-state index contributed by atoms with van der Waals surface area (Å²) in [7, 11) is 0. The Bertz CT molecular complexity index is 442. The van der Waals surface area contributed by atoms with E-state index < -0.39 is 12.2 Å². The number of allylic oxidation sites excluding steroid dienone is 2. The molecule has 116 valence electrons. The Balaban J connectivity index is 1.55. The number of aliphatic hydroxyl groups excluding tert-OH is 2. The largest absolute Gasteiger partial charge is 0.462 e. The van der Waals surface area contributed by atoms with Gasteiger partial charge in [-0.15, -0.1) is 0 Å². The lowest BCUT2D eigenvalue weighted by Gasteiger charge is -2.19. The molecule has 4 nitrogen and oxygen atoms in total. The zero-order valence-electron chi connectivity index (χ0n) is 12.2. The van der Waals surface area contributed by atoms with E-state index in [1.165, 1.54) is 6.42 Å². The molecule has 4 heteroatoms. The van der Waals surface area contributed by atoms with Crippen molar-refractivity contribution in [2.75, 3.05) is 0 Å². The summed E-state index contributed by atoms with van der Waals surface area (Å²) < 4.78 is 5.21. The number of carbonyl (C=O) groups is 1. The van der Waals surface area contributed by atoms with Crippen molar-refractivity contribution in [2.24, 2.45) is 17.8 Å². The lowest BCUT2D eigenvalue weighted by atomic mass is 9.89. The second-order valence-electron chi connectivity index (χ2n) is 6.58. The molecule has 2 fully saturated rings. The molecule has 1 unspecified atom stereocenters. The Morgan fingerprint density at radius 1 is 1.48 bits per heavy atom. The van der Waals surface area contributed by atoms with E-state index in [0.717, 1.165) is 19.3 Å². The highest BCUT2D eigenvalue weighted by molar-refractivity contribution is 5.72. The van der Waals surface area contributed by atoms with Gasteiger partial charge in [-0.25, -0.2) is 0 Å². The first-order valence-electron chi connectivity index (χ1n) is 8.04. The number of hydrogen-bond acceptors (Lipinski definition) is 4. The van der Waals surface area contributed by atoms with Crippen LogP contribution in [0.5, 0.6) is 0 Å². The van der Waals surface area contributed by atoms with E-state index in [-0.39, 0.29) is 23.9 Å². The van der Waals surface area contributed by atoms with Gasteiger partial charge in [0.05, 0.1) is 18.6 Å². The zero-order valence-corrected chi connectivity index (χ0v) is 12.2. The van der Waals surface area contributed by atoms with Gasteiger partial charge in [-0.2, -0.15) is 0 Å². The van der Waals surface area contributed by atoms with E-state index in [0.29, 0.717) is 18.8 Å². The van der Waals surface area contributed by atoms with Crippen molar-refractivity contribution in [1.29, 1.82) is 0 Å². The van der Waals surface area contributed by atoms with Crippen LogP contribution in [-0.4, -0.2) is 34.5 Å². The van der Waals surface area contributed by atoms with Crippen molar-refractivity contribution < 1.29 is 19.7 Å². The van der Waals surface area contributed by atoms with Crippen LogP contribution in [0, 0.1) is 17.8 Å². The van der Waals surface area contributed by atoms with E-state index in [4.69, 9.17) is 4.74 Å². The lowest BCUT2D eigenvalue weighted by molar-refractivity contribution is -0.141. The second-order valence-corrected chi connectivity index (χ2v) is 6.58. The molecule has 2 N–H and O–H groups in total. The Morgan fingerprint density at radius 2 is 2.33 bits per heavy atom. The molecule has 21 heavy (non-hydrogen) atoms. The maximum absolute atomic E-state index is 11.3. The third-order valence-electron chi connectivity index (χ3n) is 5.03. The minimum atomic E-state index is -0.484. The summed E-state index contributed by atoms with van der Waals surface area (Å²) in [5.41, 5.74) is 0. The molecular formula is C17H24O4. The van der Waals surface area contributed by atoms with Crippen molar-refractivity contribution >= 4 is 5.97 Å². The van der Waals surface area contributed by atoms with Crippen LogP contribution >= 0.6 is 0 Å². The molecule has 3 aliphatic rings. The quantitative estimate of drug-likeness (QED) is 0.614. The van der Waals surface area contributed by atoms with Crippen molar-refractivity contribution in [3.05, 3.63) is 24.3 Å². The summed E-state index contributed by atoms with van der Waals surface area (Å²) in [6.07, 6.45) is 12.1. The van der Waals surface area contributed by atoms with Gasteiger partial charge in [0, 0.05) is 18.3 Å². The Hall–Kier alpha value is -1.13. The summed E-state index contributed by atoms with van der Waals surface area (Å²) >= 11 is 0. The molecule has 1 saturated heterocycles. The fourth-order valence-corrected chi connectivity index (χ4v) is 3.91. The number of rotatable bonds is 4. The van der Waals surface area contributed by atoms with E-state index in [2.05, 4.69) is 12.2 Å². The third-order valence-corrected chi connectivity index (χ3v) is 5.03. The van der Waals surface area contributed by atoms with Crippen LogP contribution in [0.3, 0.4) is 0 Å². The van der Waals surface area contributed by atoms with Crippen LogP contribution in [0.25, 0.3) is 0 Å². The molecule has 1 saturated carbocycles. The number of aliphatic hydroxyl groups is 2. The maximum atomic E-state index is 11.3. The number of esters is 1. The van der Waals surface area contributed by atoms with E-state index in [1.54, 1.807) is 6.08 Å². The molecule has 0 aromatic carbocycles. The number of fused-ring (bicyclic) bond motifs is 1. The van der Waals surface area contributed by atoms with Crippen LogP contribution in [0.4, 0.5) is 0 Å². The monoisotopic (exact) mass is 292 g/mol. The highest BCUT2D eigenvalue weighted by Crippen LogP contribution is 2.42. The summed E-state index contributed by atoms with van der Waals surface area (Å²) in [6.45, 7) is 0. The standard InChI is InChI=1S/C17H24O4/c18-12(8-11-4-2-1-3-5-11)6-7-13-14-9-17(20)21-16(14)10-15(13)19/h2,4,6-7,11-16,18-19H,1,3,5,8-10H2/t11?,12-,13-,14-,15-,16+/m1/s1. The summed E-state index contributed by atoms with van der Waals surface area (Å²) in [6, 6.07) is 0. The molecule has 0 amide bonds. The molecule has 0 bridgehead atoms. The zero-order chi connectivity index (χ0) is 14.8. The Labute approximate surface area is 125 Å². The molecule has 1 aliphatic heterocycles. The minimum absolute atomic E-state index is 0.0713. The molecule has 3 rings (SSSR count). The third kappa shape index (κ3) is 3.38. The van der Waals surface area contributed by atoms with Gasteiger partial charge in [0.15, 0.2) is 0 Å². The summed E-state index contributed by atoms with van der Waals surface area (Å²) in [4.78, 5) is 11.3. The summed E-state index contributed by atoms with van der Waals surface area (Å²) in [5.74, 6) is 0.294. The van der Waals surface area contributed by atoms with E-state index >= 15 is 0 Å². The Morgan fingerprint density at radius 3 is 3.10 bits per heavy atom. The van der Waals surface area contributed by atoms with Gasteiger partial charge >= 0.3 is 5.97 Å². The minimum Gasteiger partial charge on any atom is -0.462 e. The molecule has 0 aromatic rings. The van der Waals surface area contributed by atoms with Gasteiger partial charge in [0.25, 0.3) is 0 Å². The lowest BCUT2D eigenvalue weighted by Crippen LogP contribution is -2.19. The van der Waals surface area contributed by atoms with Crippen molar-refractivity contribution in [3.8, 4) is 0 Å². The van der Waals surface area contributed by atoms with Crippen molar-refractivity contribution in [1.82, 2.24) is 0 Å². The van der Waals surface area contributed by atoms with E-state index in [1.807, 2.05) is 6.08 Å². The highest BCUT2D eigenvalue weighted by atomic mass is 16.6. The predicted octanol–water partition coefficient (Wildman–Crippen LogP) is 1.96. The molecule has 2 aliphatic carbocycles. The number of ether oxygens (including phenoxy) is 1. The fourth-order valence-electron chi connectivity index (χ4n) is 3.91. The molecule has 1 heterocycles. The van der Waals surface area contributed by atoms with Crippen molar-refractivity contribution in [3.63, 3.8) is 0 Å². The number of hydrogen-bond donors (Lipinski definition) is 2. The van der Waals surface area contributed by atoms with Crippen LogP contribution in [0.1, 0.15) is 38.5 Å². The molecule has 6 atom stereocenters.